The van der Waals surface area contributed by atoms with Crippen molar-refractivity contribution in [2.24, 2.45) is 7.05 Å². The molecule has 0 saturated carbocycles. The van der Waals surface area contributed by atoms with Gasteiger partial charge in [-0.25, -0.2) is 4.79 Å². The van der Waals surface area contributed by atoms with Crippen molar-refractivity contribution in [2.45, 2.75) is 0 Å². The molecule has 0 radical (unpaired) electrons. The number of nitrogens with zero attached hydrogens (tertiary/aromatic N) is 2. The molecule has 0 unspecified atom stereocenters. The molecule has 0 aliphatic rings. The van der Waals surface area contributed by atoms with Crippen LogP contribution in [-0.4, -0.2) is 21.0 Å². The van der Waals surface area contributed by atoms with E-state index in [-0.39, 0.29) is 0 Å². The molecule has 5 nitrogen and oxygen atoms in total. The molecule has 2 N–H and O–H groups in total. The lowest BCUT2D eigenvalue weighted by atomic mass is 10.0. The highest BCUT2D eigenvalue weighted by molar-refractivity contribution is 5.93. The van der Waals surface area contributed by atoms with E-state index in [1.807, 2.05) is 37.4 Å². The second kappa shape index (κ2) is 4.70. The van der Waals surface area contributed by atoms with E-state index in [0.717, 1.165) is 22.0 Å². The SMILES string of the molecule is Cn1ncc2cc(-c3ccccc3NC(=O)O)ccc21. The normalized spacial score (nSPS) is 10.7. The van der Waals surface area contributed by atoms with Gasteiger partial charge in [-0.1, -0.05) is 24.3 Å². The lowest BCUT2D eigenvalue weighted by Crippen LogP contribution is -2.08. The first-order chi connectivity index (χ1) is 9.65. The first-order valence-corrected chi connectivity index (χ1v) is 6.16. The number of benzene rings is 2. The Balaban J connectivity index is 2.12. The van der Waals surface area contributed by atoms with Gasteiger partial charge in [-0.05, 0) is 23.8 Å². The van der Waals surface area contributed by atoms with Gasteiger partial charge in [-0.15, -0.1) is 0 Å². The maximum Gasteiger partial charge on any atom is 0.409 e. The van der Waals surface area contributed by atoms with Gasteiger partial charge in [0.2, 0.25) is 0 Å². The summed E-state index contributed by atoms with van der Waals surface area (Å²) in [6.07, 6.45) is 0.728. The molecule has 5 heteroatoms. The predicted octanol–water partition coefficient (Wildman–Crippen LogP) is 3.33. The molecule has 0 bridgehead atoms. The third-order valence-electron chi connectivity index (χ3n) is 3.23. The molecule has 1 heterocycles. The lowest BCUT2D eigenvalue weighted by Gasteiger charge is -2.09. The minimum atomic E-state index is -1.07. The number of carbonyl (C=O) groups is 1. The number of anilines is 1. The number of nitrogens with one attached hydrogen (secondary N) is 1. The van der Waals surface area contributed by atoms with Crippen LogP contribution in [0.5, 0.6) is 0 Å². The van der Waals surface area contributed by atoms with E-state index in [1.54, 1.807) is 23.0 Å². The number of hydrogen-bond donors (Lipinski definition) is 2. The molecule has 20 heavy (non-hydrogen) atoms. The highest BCUT2D eigenvalue weighted by atomic mass is 16.4. The van der Waals surface area contributed by atoms with E-state index in [0.29, 0.717) is 5.69 Å². The molecule has 0 atom stereocenters. The van der Waals surface area contributed by atoms with Gasteiger partial charge in [0.25, 0.3) is 0 Å². The first-order valence-electron chi connectivity index (χ1n) is 6.16. The van der Waals surface area contributed by atoms with Crippen LogP contribution in [0.2, 0.25) is 0 Å². The fourth-order valence-corrected chi connectivity index (χ4v) is 2.29. The van der Waals surface area contributed by atoms with Crippen molar-refractivity contribution in [2.75, 3.05) is 5.32 Å². The van der Waals surface area contributed by atoms with Crippen molar-refractivity contribution in [3.05, 3.63) is 48.7 Å². The zero-order valence-corrected chi connectivity index (χ0v) is 10.9. The van der Waals surface area contributed by atoms with Gasteiger partial charge < -0.3 is 5.11 Å². The van der Waals surface area contributed by atoms with Gasteiger partial charge >= 0.3 is 6.09 Å². The third kappa shape index (κ3) is 2.09. The molecule has 1 amide bonds. The monoisotopic (exact) mass is 267 g/mol. The van der Waals surface area contributed by atoms with Crippen LogP contribution in [0, 0.1) is 0 Å². The van der Waals surface area contributed by atoms with Crippen LogP contribution in [0.3, 0.4) is 0 Å². The molecule has 0 fully saturated rings. The number of carboxylic acid groups (broad SMARTS) is 1. The standard InChI is InChI=1S/C15H13N3O2/c1-18-14-7-6-10(8-11(14)9-16-18)12-4-2-3-5-13(12)17-15(19)20/h2-9,17H,1H3,(H,19,20). The number of amides is 1. The maximum absolute atomic E-state index is 10.8. The summed E-state index contributed by atoms with van der Waals surface area (Å²) in [5, 5.41) is 16.5. The molecule has 0 saturated heterocycles. The van der Waals surface area contributed by atoms with Gasteiger partial charge in [0.15, 0.2) is 0 Å². The minimum Gasteiger partial charge on any atom is -0.465 e. The summed E-state index contributed by atoms with van der Waals surface area (Å²) >= 11 is 0. The highest BCUT2D eigenvalue weighted by Gasteiger charge is 2.08. The fraction of sp³-hybridized carbons (Fsp3) is 0.0667. The number of rotatable bonds is 2. The van der Waals surface area contributed by atoms with Gasteiger partial charge in [0.1, 0.15) is 0 Å². The Hall–Kier alpha value is -2.82. The van der Waals surface area contributed by atoms with E-state index in [9.17, 15) is 4.79 Å². The van der Waals surface area contributed by atoms with Crippen LogP contribution in [-0.2, 0) is 7.05 Å². The summed E-state index contributed by atoms with van der Waals surface area (Å²) in [5.74, 6) is 0. The Morgan fingerprint density at radius 1 is 1.25 bits per heavy atom. The quantitative estimate of drug-likeness (QED) is 0.748. The highest BCUT2D eigenvalue weighted by Crippen LogP contribution is 2.30. The molecular formula is C15H13N3O2. The zero-order valence-electron chi connectivity index (χ0n) is 10.9. The molecular weight excluding hydrogens is 254 g/mol. The smallest absolute Gasteiger partial charge is 0.409 e. The van der Waals surface area contributed by atoms with E-state index in [2.05, 4.69) is 10.4 Å². The van der Waals surface area contributed by atoms with Gasteiger partial charge in [-0.2, -0.15) is 5.10 Å². The molecule has 0 spiro atoms. The Morgan fingerprint density at radius 3 is 2.85 bits per heavy atom. The summed E-state index contributed by atoms with van der Waals surface area (Å²) in [7, 11) is 1.89. The molecule has 0 aliphatic carbocycles. The molecule has 3 rings (SSSR count). The zero-order chi connectivity index (χ0) is 14.1. The number of aryl methyl sites for hydroxylation is 1. The summed E-state index contributed by atoms with van der Waals surface area (Å²) in [4.78, 5) is 10.8. The van der Waals surface area contributed by atoms with Crippen molar-refractivity contribution >= 4 is 22.7 Å². The Kier molecular flexibility index (Phi) is 2.87. The lowest BCUT2D eigenvalue weighted by molar-refractivity contribution is 0.210. The average Bonchev–Trinajstić information content (AvgIpc) is 2.80. The van der Waals surface area contributed by atoms with Gasteiger partial charge in [0, 0.05) is 18.0 Å². The van der Waals surface area contributed by atoms with E-state index in [4.69, 9.17) is 5.11 Å². The second-order valence-corrected chi connectivity index (χ2v) is 4.52. The van der Waals surface area contributed by atoms with Crippen LogP contribution < -0.4 is 5.32 Å². The summed E-state index contributed by atoms with van der Waals surface area (Å²) in [6.45, 7) is 0. The molecule has 0 aliphatic heterocycles. The van der Waals surface area contributed by atoms with Crippen LogP contribution in [0.1, 0.15) is 0 Å². The van der Waals surface area contributed by atoms with Gasteiger partial charge in [0.05, 0.1) is 17.4 Å². The van der Waals surface area contributed by atoms with E-state index < -0.39 is 6.09 Å². The average molecular weight is 267 g/mol. The minimum absolute atomic E-state index is 0.572. The van der Waals surface area contributed by atoms with Crippen molar-refractivity contribution in [3.63, 3.8) is 0 Å². The van der Waals surface area contributed by atoms with Crippen LogP contribution in [0.4, 0.5) is 10.5 Å². The van der Waals surface area contributed by atoms with Crippen LogP contribution in [0.15, 0.2) is 48.7 Å². The summed E-state index contributed by atoms with van der Waals surface area (Å²) < 4.78 is 1.81. The maximum atomic E-state index is 10.8. The van der Waals surface area contributed by atoms with E-state index in [1.165, 1.54) is 0 Å². The molecule has 100 valence electrons. The molecule has 2 aromatic carbocycles. The first kappa shape index (κ1) is 12.2. The van der Waals surface area contributed by atoms with Crippen LogP contribution >= 0.6 is 0 Å². The Bertz CT molecular complexity index is 793. The number of hydrogen-bond acceptors (Lipinski definition) is 2. The van der Waals surface area contributed by atoms with Crippen molar-refractivity contribution in [1.29, 1.82) is 0 Å². The van der Waals surface area contributed by atoms with Crippen molar-refractivity contribution < 1.29 is 9.90 Å². The fourth-order valence-electron chi connectivity index (χ4n) is 2.29. The largest absolute Gasteiger partial charge is 0.465 e. The second-order valence-electron chi connectivity index (χ2n) is 4.52. The number of fused-ring (bicyclic) bond motifs is 1. The predicted molar refractivity (Wildman–Crippen MR) is 77.8 cm³/mol. The van der Waals surface area contributed by atoms with Crippen molar-refractivity contribution in [1.82, 2.24) is 9.78 Å². The number of para-hydroxylation sites is 1. The molecule has 1 aromatic heterocycles. The molecule has 3 aromatic rings. The van der Waals surface area contributed by atoms with Crippen LogP contribution in [0.25, 0.3) is 22.0 Å². The van der Waals surface area contributed by atoms with Crippen molar-refractivity contribution in [3.8, 4) is 11.1 Å². The Morgan fingerprint density at radius 2 is 2.05 bits per heavy atom. The number of aromatic nitrogens is 2. The Labute approximate surface area is 115 Å². The van der Waals surface area contributed by atoms with E-state index >= 15 is 0 Å². The summed E-state index contributed by atoms with van der Waals surface area (Å²) in [5.41, 5.74) is 3.41. The van der Waals surface area contributed by atoms with Gasteiger partial charge in [-0.3, -0.25) is 10.00 Å². The summed E-state index contributed by atoms with van der Waals surface area (Å²) in [6, 6.07) is 13.3. The third-order valence-corrected chi connectivity index (χ3v) is 3.23. The topological polar surface area (TPSA) is 67.2 Å².